The molecule has 0 spiro atoms. The van der Waals surface area contributed by atoms with Crippen LogP contribution in [0.5, 0.6) is 11.5 Å². The number of amides is 1. The summed E-state index contributed by atoms with van der Waals surface area (Å²) in [6.45, 7) is 2.24. The second-order valence-electron chi connectivity index (χ2n) is 10.2. The summed E-state index contributed by atoms with van der Waals surface area (Å²) in [6.07, 6.45) is 13.0. The van der Waals surface area contributed by atoms with Crippen LogP contribution in [0.2, 0.25) is 0 Å². The van der Waals surface area contributed by atoms with Gasteiger partial charge in [0.1, 0.15) is 23.9 Å². The molecule has 216 valence electrons. The molecule has 6 heteroatoms. The fourth-order valence-corrected chi connectivity index (χ4v) is 4.82. The molecule has 0 aliphatic carbocycles. The van der Waals surface area contributed by atoms with Gasteiger partial charge in [-0.2, -0.15) is 0 Å². The van der Waals surface area contributed by atoms with Crippen LogP contribution in [-0.2, 0) is 6.42 Å². The number of methoxy groups -OCH3 is 1. The Labute approximate surface area is 238 Å². The van der Waals surface area contributed by atoms with E-state index in [1.54, 1.807) is 43.5 Å². The Balaban J connectivity index is 1.60. The van der Waals surface area contributed by atoms with Crippen LogP contribution in [0.25, 0.3) is 11.1 Å². The van der Waals surface area contributed by atoms with Crippen molar-refractivity contribution in [3.8, 4) is 22.6 Å². The summed E-state index contributed by atoms with van der Waals surface area (Å²) < 4.78 is 26.2. The van der Waals surface area contributed by atoms with Gasteiger partial charge < -0.3 is 19.9 Å². The minimum atomic E-state index is -0.404. The molecule has 2 N–H and O–H groups in total. The third-order valence-corrected chi connectivity index (χ3v) is 7.12. The van der Waals surface area contributed by atoms with Crippen LogP contribution in [0.15, 0.2) is 60.7 Å². The Bertz CT molecular complexity index is 1180. The lowest BCUT2D eigenvalue weighted by Crippen LogP contribution is -2.14. The van der Waals surface area contributed by atoms with E-state index in [1.807, 2.05) is 24.3 Å². The molecule has 3 aromatic carbocycles. The molecular formula is C34H44FNO4. The van der Waals surface area contributed by atoms with E-state index in [2.05, 4.69) is 12.2 Å². The van der Waals surface area contributed by atoms with Crippen LogP contribution < -0.4 is 14.8 Å². The molecule has 0 heterocycles. The molecule has 0 saturated carbocycles. The van der Waals surface area contributed by atoms with E-state index in [0.29, 0.717) is 34.6 Å². The Hall–Kier alpha value is -3.38. The Kier molecular flexibility index (Phi) is 13.5. The fourth-order valence-electron chi connectivity index (χ4n) is 4.82. The normalized spacial score (nSPS) is 10.9. The molecule has 0 aromatic heterocycles. The molecule has 0 radical (unpaired) electrons. The summed E-state index contributed by atoms with van der Waals surface area (Å²) in [5, 5.41) is 12.0. The number of carbonyl (C=O) groups excluding carboxylic acids is 1. The molecule has 0 unspecified atom stereocenters. The third-order valence-electron chi connectivity index (χ3n) is 7.12. The SMILES string of the molecule is CCCCCCCCCCCCc1cccc(NC(=O)c2ccc(OCCO)c(-c3ccc(OC)cc3)c2)c1F. The highest BCUT2D eigenvalue weighted by Crippen LogP contribution is 2.33. The predicted octanol–water partition coefficient (Wildman–Crippen LogP) is 8.59. The maximum Gasteiger partial charge on any atom is 0.255 e. The molecule has 5 nitrogen and oxygen atoms in total. The number of hydrogen-bond donors (Lipinski definition) is 2. The van der Waals surface area contributed by atoms with Gasteiger partial charge in [-0.3, -0.25) is 4.79 Å². The summed E-state index contributed by atoms with van der Waals surface area (Å²) in [7, 11) is 1.60. The summed E-state index contributed by atoms with van der Waals surface area (Å²) in [4.78, 5) is 13.2. The van der Waals surface area contributed by atoms with E-state index >= 15 is 4.39 Å². The summed E-state index contributed by atoms with van der Waals surface area (Å²) in [6, 6.07) is 17.6. The first-order valence-electron chi connectivity index (χ1n) is 14.7. The average Bonchev–Trinajstić information content (AvgIpc) is 2.98. The second kappa shape index (κ2) is 17.3. The van der Waals surface area contributed by atoms with Crippen molar-refractivity contribution in [1.29, 1.82) is 0 Å². The molecular weight excluding hydrogens is 505 g/mol. The first kappa shape index (κ1) is 31.2. The van der Waals surface area contributed by atoms with Crippen molar-refractivity contribution in [2.24, 2.45) is 0 Å². The highest BCUT2D eigenvalue weighted by atomic mass is 19.1. The van der Waals surface area contributed by atoms with Crippen LogP contribution in [0.3, 0.4) is 0 Å². The number of halogens is 1. The van der Waals surface area contributed by atoms with Gasteiger partial charge in [-0.05, 0) is 60.4 Å². The van der Waals surface area contributed by atoms with E-state index in [4.69, 9.17) is 9.47 Å². The summed E-state index contributed by atoms with van der Waals surface area (Å²) >= 11 is 0. The van der Waals surface area contributed by atoms with Crippen molar-refractivity contribution in [3.63, 3.8) is 0 Å². The highest BCUT2D eigenvalue weighted by Gasteiger charge is 2.16. The minimum absolute atomic E-state index is 0.126. The van der Waals surface area contributed by atoms with Gasteiger partial charge in [-0.1, -0.05) is 89.0 Å². The first-order chi connectivity index (χ1) is 19.6. The van der Waals surface area contributed by atoms with Crippen molar-refractivity contribution in [2.45, 2.75) is 77.6 Å². The van der Waals surface area contributed by atoms with Gasteiger partial charge in [0, 0.05) is 11.1 Å². The number of aliphatic hydroxyl groups is 1. The van der Waals surface area contributed by atoms with E-state index in [9.17, 15) is 9.90 Å². The zero-order valence-electron chi connectivity index (χ0n) is 24.0. The van der Waals surface area contributed by atoms with Crippen molar-refractivity contribution in [1.82, 2.24) is 0 Å². The standard InChI is InChI=1S/C34H44FNO4/c1-3-4-5-6-7-8-9-10-11-12-14-27-15-13-16-31(33(27)35)36-34(38)28-19-22-32(40-24-23-37)30(25-28)26-17-20-29(39-2)21-18-26/h13,15-22,25,37H,3-12,14,23-24H2,1-2H3,(H,36,38). The minimum Gasteiger partial charge on any atom is -0.497 e. The molecule has 3 aromatic rings. The molecule has 0 aliphatic heterocycles. The molecule has 0 bridgehead atoms. The number of ether oxygens (including phenoxy) is 2. The highest BCUT2D eigenvalue weighted by molar-refractivity contribution is 6.05. The second-order valence-corrected chi connectivity index (χ2v) is 10.2. The number of anilines is 1. The lowest BCUT2D eigenvalue weighted by atomic mass is 10.0. The van der Waals surface area contributed by atoms with E-state index < -0.39 is 5.91 Å². The lowest BCUT2D eigenvalue weighted by molar-refractivity contribution is 0.102. The van der Waals surface area contributed by atoms with E-state index in [0.717, 1.165) is 18.4 Å². The number of aryl methyl sites for hydroxylation is 1. The molecule has 0 fully saturated rings. The van der Waals surface area contributed by atoms with Crippen LogP contribution in [0, 0.1) is 5.82 Å². The van der Waals surface area contributed by atoms with Crippen LogP contribution in [0.4, 0.5) is 10.1 Å². The van der Waals surface area contributed by atoms with Crippen LogP contribution in [-0.4, -0.2) is 31.3 Å². The molecule has 0 atom stereocenters. The lowest BCUT2D eigenvalue weighted by Gasteiger charge is -2.14. The Morgan fingerprint density at radius 3 is 2.20 bits per heavy atom. The number of benzene rings is 3. The molecule has 0 saturated heterocycles. The van der Waals surface area contributed by atoms with Gasteiger partial charge in [-0.15, -0.1) is 0 Å². The van der Waals surface area contributed by atoms with E-state index in [1.165, 1.54) is 51.4 Å². The zero-order chi connectivity index (χ0) is 28.6. The summed E-state index contributed by atoms with van der Waals surface area (Å²) in [5.74, 6) is 0.479. The topological polar surface area (TPSA) is 67.8 Å². The van der Waals surface area contributed by atoms with Crippen LogP contribution >= 0.6 is 0 Å². The predicted molar refractivity (Wildman–Crippen MR) is 161 cm³/mol. The molecule has 1 amide bonds. The Morgan fingerprint density at radius 2 is 1.55 bits per heavy atom. The number of unbranched alkanes of at least 4 members (excludes halogenated alkanes) is 9. The van der Waals surface area contributed by atoms with Gasteiger partial charge >= 0.3 is 0 Å². The number of carbonyl (C=O) groups is 1. The third kappa shape index (κ3) is 9.67. The number of nitrogens with one attached hydrogen (secondary N) is 1. The smallest absolute Gasteiger partial charge is 0.255 e. The maximum absolute atomic E-state index is 15.3. The van der Waals surface area contributed by atoms with E-state index in [-0.39, 0.29) is 24.7 Å². The maximum atomic E-state index is 15.3. The number of hydrogen-bond acceptors (Lipinski definition) is 4. The van der Waals surface area contributed by atoms with Crippen molar-refractivity contribution >= 4 is 11.6 Å². The molecule has 0 aliphatic rings. The number of rotatable bonds is 18. The van der Waals surface area contributed by atoms with Gasteiger partial charge in [0.25, 0.3) is 5.91 Å². The van der Waals surface area contributed by atoms with Crippen molar-refractivity contribution in [3.05, 3.63) is 77.6 Å². The monoisotopic (exact) mass is 549 g/mol. The van der Waals surface area contributed by atoms with Gasteiger partial charge in [0.15, 0.2) is 0 Å². The van der Waals surface area contributed by atoms with Gasteiger partial charge in [0.05, 0.1) is 19.4 Å². The fraction of sp³-hybridized carbons (Fsp3) is 0.441. The molecule has 3 rings (SSSR count). The van der Waals surface area contributed by atoms with Crippen molar-refractivity contribution in [2.75, 3.05) is 25.6 Å². The average molecular weight is 550 g/mol. The van der Waals surface area contributed by atoms with Gasteiger partial charge in [0.2, 0.25) is 0 Å². The number of aliphatic hydroxyl groups excluding tert-OH is 1. The largest absolute Gasteiger partial charge is 0.497 e. The van der Waals surface area contributed by atoms with Crippen LogP contribution in [0.1, 0.15) is 87.1 Å². The van der Waals surface area contributed by atoms with Crippen molar-refractivity contribution < 1.29 is 23.8 Å². The zero-order valence-corrected chi connectivity index (χ0v) is 24.0. The first-order valence-corrected chi connectivity index (χ1v) is 14.7. The molecule has 40 heavy (non-hydrogen) atoms. The van der Waals surface area contributed by atoms with Gasteiger partial charge in [-0.25, -0.2) is 4.39 Å². The Morgan fingerprint density at radius 1 is 0.875 bits per heavy atom. The quantitative estimate of drug-likeness (QED) is 0.156. The summed E-state index contributed by atoms with van der Waals surface area (Å²) in [5.41, 5.74) is 2.71.